The van der Waals surface area contributed by atoms with Gasteiger partial charge < -0.3 is 14.4 Å². The van der Waals surface area contributed by atoms with E-state index in [1.54, 1.807) is 35.2 Å². The zero-order valence-corrected chi connectivity index (χ0v) is 15.7. The van der Waals surface area contributed by atoms with E-state index in [-0.39, 0.29) is 19.1 Å². The molecule has 0 bridgehead atoms. The van der Waals surface area contributed by atoms with Crippen molar-refractivity contribution in [2.75, 3.05) is 19.8 Å². The first-order chi connectivity index (χ1) is 13.6. The van der Waals surface area contributed by atoms with Gasteiger partial charge in [0, 0.05) is 19.2 Å². The summed E-state index contributed by atoms with van der Waals surface area (Å²) in [5.41, 5.74) is 1.79. The lowest BCUT2D eigenvalue weighted by Gasteiger charge is -2.20. The lowest BCUT2D eigenvalue weighted by atomic mass is 10.2. The van der Waals surface area contributed by atoms with Crippen LogP contribution in [0.25, 0.3) is 6.08 Å². The molecule has 28 heavy (non-hydrogen) atoms. The summed E-state index contributed by atoms with van der Waals surface area (Å²) in [7, 11) is 0. The number of esters is 1. The Kier molecular flexibility index (Phi) is 8.28. The highest BCUT2D eigenvalue weighted by atomic mass is 16.5. The number of nitrogens with zero attached hydrogens (tertiary/aromatic N) is 2. The topological polar surface area (TPSA) is 79.6 Å². The van der Waals surface area contributed by atoms with Crippen LogP contribution >= 0.6 is 0 Å². The van der Waals surface area contributed by atoms with E-state index in [2.05, 4.69) is 0 Å². The highest BCUT2D eigenvalue weighted by Crippen LogP contribution is 2.13. The van der Waals surface area contributed by atoms with Crippen molar-refractivity contribution in [1.29, 1.82) is 5.26 Å². The van der Waals surface area contributed by atoms with Crippen molar-refractivity contribution in [1.82, 2.24) is 4.90 Å². The van der Waals surface area contributed by atoms with Crippen LogP contribution in [-0.2, 0) is 20.9 Å². The lowest BCUT2D eigenvalue weighted by Crippen LogP contribution is -2.33. The van der Waals surface area contributed by atoms with Crippen molar-refractivity contribution in [3.63, 3.8) is 0 Å². The molecule has 0 aliphatic heterocycles. The molecule has 6 nitrogen and oxygen atoms in total. The molecule has 1 amide bonds. The van der Waals surface area contributed by atoms with Gasteiger partial charge in [0.1, 0.15) is 11.8 Å². The summed E-state index contributed by atoms with van der Waals surface area (Å²) in [5, 5.41) is 8.48. The predicted octanol–water partition coefficient (Wildman–Crippen LogP) is 3.19. The number of amides is 1. The van der Waals surface area contributed by atoms with Gasteiger partial charge in [0.25, 0.3) is 5.91 Å². The maximum Gasteiger partial charge on any atom is 0.331 e. The van der Waals surface area contributed by atoms with E-state index in [9.17, 15) is 9.59 Å². The molecule has 2 aromatic carbocycles. The molecule has 0 fully saturated rings. The minimum Gasteiger partial charge on any atom is -0.479 e. The maximum absolute atomic E-state index is 12.3. The van der Waals surface area contributed by atoms with Gasteiger partial charge in [-0.25, -0.2) is 4.79 Å². The number of hydrogen-bond acceptors (Lipinski definition) is 5. The molecule has 0 aromatic heterocycles. The molecule has 0 unspecified atom stereocenters. The number of carbonyl (C=O) groups is 2. The van der Waals surface area contributed by atoms with Crippen LogP contribution in [0.15, 0.2) is 60.7 Å². The average Bonchev–Trinajstić information content (AvgIpc) is 2.74. The van der Waals surface area contributed by atoms with Gasteiger partial charge in [0.05, 0.1) is 0 Å². The number of nitriles is 1. The predicted molar refractivity (Wildman–Crippen MR) is 105 cm³/mol. The third-order valence-corrected chi connectivity index (χ3v) is 3.88. The first kappa shape index (κ1) is 20.7. The fraction of sp³-hybridized carbons (Fsp3) is 0.227. The second-order valence-corrected chi connectivity index (χ2v) is 5.85. The van der Waals surface area contributed by atoms with Gasteiger partial charge in [0.2, 0.25) is 0 Å². The zero-order chi connectivity index (χ0) is 20.2. The van der Waals surface area contributed by atoms with Gasteiger partial charge in [-0.2, -0.15) is 5.26 Å². The molecular weight excluding hydrogens is 356 g/mol. The summed E-state index contributed by atoms with van der Waals surface area (Å²) in [6, 6.07) is 18.4. The Balaban J connectivity index is 1.81. The molecule has 2 aromatic rings. The van der Waals surface area contributed by atoms with Crippen LogP contribution in [0.2, 0.25) is 0 Å². The van der Waals surface area contributed by atoms with Crippen molar-refractivity contribution >= 4 is 18.0 Å². The molecule has 0 N–H and O–H groups in total. The van der Waals surface area contributed by atoms with Crippen molar-refractivity contribution in [3.8, 4) is 11.8 Å². The minimum absolute atomic E-state index is 0.0193. The molecule has 0 saturated carbocycles. The Labute approximate surface area is 164 Å². The maximum atomic E-state index is 12.3. The van der Waals surface area contributed by atoms with E-state index in [0.717, 1.165) is 11.1 Å². The monoisotopic (exact) mass is 378 g/mol. The molecule has 0 aliphatic rings. The summed E-state index contributed by atoms with van der Waals surface area (Å²) < 4.78 is 10.2. The smallest absolute Gasteiger partial charge is 0.331 e. The van der Waals surface area contributed by atoms with E-state index in [4.69, 9.17) is 14.7 Å². The number of benzene rings is 2. The average molecular weight is 378 g/mol. The number of likely N-dealkylation sites (N-methyl/N-ethyl adjacent to an activating group) is 1. The third kappa shape index (κ3) is 6.96. The van der Waals surface area contributed by atoms with Crippen LogP contribution in [0, 0.1) is 11.3 Å². The van der Waals surface area contributed by atoms with Crippen LogP contribution in [0.1, 0.15) is 18.1 Å². The summed E-state index contributed by atoms with van der Waals surface area (Å²) in [4.78, 5) is 25.8. The number of ether oxygens (including phenoxy) is 2. The van der Waals surface area contributed by atoms with Gasteiger partial charge in [-0.15, -0.1) is 0 Å². The van der Waals surface area contributed by atoms with Gasteiger partial charge in [-0.3, -0.25) is 4.79 Å². The van der Waals surface area contributed by atoms with Crippen molar-refractivity contribution in [2.45, 2.75) is 13.5 Å². The van der Waals surface area contributed by atoms with Crippen LogP contribution in [-0.4, -0.2) is 36.5 Å². The van der Waals surface area contributed by atoms with Crippen molar-refractivity contribution < 1.29 is 19.1 Å². The van der Waals surface area contributed by atoms with E-state index in [1.165, 1.54) is 6.08 Å². The standard InChI is InChI=1S/C22H22N2O4/c1-2-24(16-19-6-4-3-5-7-19)21(25)17-28-22(26)13-10-18-8-11-20(12-9-18)27-15-14-23/h3-13H,2,15-17H2,1H3/b13-10+. The summed E-state index contributed by atoms with van der Waals surface area (Å²) >= 11 is 0. The summed E-state index contributed by atoms with van der Waals surface area (Å²) in [6.07, 6.45) is 2.86. The zero-order valence-electron chi connectivity index (χ0n) is 15.7. The highest BCUT2D eigenvalue weighted by Gasteiger charge is 2.13. The second-order valence-electron chi connectivity index (χ2n) is 5.85. The Morgan fingerprint density at radius 2 is 1.82 bits per heavy atom. The second kappa shape index (κ2) is 11.2. The largest absolute Gasteiger partial charge is 0.479 e. The Morgan fingerprint density at radius 1 is 1.11 bits per heavy atom. The normalized spacial score (nSPS) is 10.3. The van der Waals surface area contributed by atoms with Gasteiger partial charge in [0.15, 0.2) is 13.2 Å². The molecular formula is C22H22N2O4. The molecule has 0 saturated heterocycles. The molecule has 0 atom stereocenters. The molecule has 0 spiro atoms. The first-order valence-corrected chi connectivity index (χ1v) is 8.88. The van der Waals surface area contributed by atoms with E-state index in [1.807, 2.05) is 43.3 Å². The van der Waals surface area contributed by atoms with E-state index in [0.29, 0.717) is 18.8 Å². The van der Waals surface area contributed by atoms with Crippen LogP contribution in [0.3, 0.4) is 0 Å². The molecule has 6 heteroatoms. The molecule has 0 aliphatic carbocycles. The number of carbonyl (C=O) groups excluding carboxylic acids is 2. The SMILES string of the molecule is CCN(Cc1ccccc1)C(=O)COC(=O)/C=C/c1ccc(OCC#N)cc1. The molecule has 0 heterocycles. The third-order valence-electron chi connectivity index (χ3n) is 3.88. The quantitative estimate of drug-likeness (QED) is 0.494. The Bertz CT molecular complexity index is 839. The fourth-order valence-corrected chi connectivity index (χ4v) is 2.41. The molecule has 2 rings (SSSR count). The van der Waals surface area contributed by atoms with Crippen LogP contribution < -0.4 is 4.74 Å². The van der Waals surface area contributed by atoms with Crippen LogP contribution in [0.5, 0.6) is 5.75 Å². The number of rotatable bonds is 9. The van der Waals surface area contributed by atoms with Crippen molar-refractivity contribution in [2.24, 2.45) is 0 Å². The summed E-state index contributed by atoms with van der Waals surface area (Å²) in [6.45, 7) is 2.57. The summed E-state index contributed by atoms with van der Waals surface area (Å²) in [5.74, 6) is -0.258. The Hall–Kier alpha value is -3.59. The molecule has 0 radical (unpaired) electrons. The van der Waals surface area contributed by atoms with Crippen molar-refractivity contribution in [3.05, 3.63) is 71.8 Å². The van der Waals surface area contributed by atoms with Gasteiger partial charge in [-0.05, 0) is 36.3 Å². The fourth-order valence-electron chi connectivity index (χ4n) is 2.41. The highest BCUT2D eigenvalue weighted by molar-refractivity contribution is 5.89. The number of hydrogen-bond donors (Lipinski definition) is 0. The molecule has 144 valence electrons. The lowest BCUT2D eigenvalue weighted by molar-refractivity contribution is -0.148. The minimum atomic E-state index is -0.589. The Morgan fingerprint density at radius 3 is 2.46 bits per heavy atom. The van der Waals surface area contributed by atoms with Gasteiger partial charge in [-0.1, -0.05) is 42.5 Å². The van der Waals surface area contributed by atoms with Gasteiger partial charge >= 0.3 is 5.97 Å². The van der Waals surface area contributed by atoms with E-state index < -0.39 is 5.97 Å². The van der Waals surface area contributed by atoms with E-state index >= 15 is 0 Å². The first-order valence-electron chi connectivity index (χ1n) is 8.88. The van der Waals surface area contributed by atoms with Crippen LogP contribution in [0.4, 0.5) is 0 Å².